The van der Waals surface area contributed by atoms with Crippen LogP contribution in [0.3, 0.4) is 0 Å². The summed E-state index contributed by atoms with van der Waals surface area (Å²) in [7, 11) is 2.07. The molecule has 1 aromatic carbocycles. The minimum Gasteiger partial charge on any atom is -0.493 e. The summed E-state index contributed by atoms with van der Waals surface area (Å²) in [6, 6.07) is 6.66. The van der Waals surface area contributed by atoms with E-state index in [0.29, 0.717) is 6.54 Å². The zero-order valence-corrected chi connectivity index (χ0v) is 13.1. The van der Waals surface area contributed by atoms with Gasteiger partial charge < -0.3 is 20.1 Å². The summed E-state index contributed by atoms with van der Waals surface area (Å²) in [4.78, 5) is 2.19. The Morgan fingerprint density at radius 1 is 1.48 bits per heavy atom. The number of rotatable bonds is 3. The van der Waals surface area contributed by atoms with E-state index in [-0.39, 0.29) is 6.04 Å². The van der Waals surface area contributed by atoms with Crippen LogP contribution in [0.2, 0.25) is 0 Å². The standard InChI is InChI=1S/C17H26N2O2/c1-13-5-6-16-14(10-13)15(4-3-9-21-16)18-11-17(20)7-8-19(2)12-17/h5-6,10,15,18,20H,3-4,7-9,11-12H2,1-2H3. The van der Waals surface area contributed by atoms with Gasteiger partial charge in [-0.3, -0.25) is 0 Å². The molecule has 3 rings (SSSR count). The first-order valence-electron chi connectivity index (χ1n) is 7.93. The number of aliphatic hydroxyl groups is 1. The lowest BCUT2D eigenvalue weighted by molar-refractivity contribution is 0.0486. The molecule has 4 heteroatoms. The minimum absolute atomic E-state index is 0.275. The number of nitrogens with zero attached hydrogens (tertiary/aromatic N) is 1. The van der Waals surface area contributed by atoms with Gasteiger partial charge in [0.15, 0.2) is 0 Å². The van der Waals surface area contributed by atoms with Crippen molar-refractivity contribution in [3.8, 4) is 5.75 Å². The SMILES string of the molecule is Cc1ccc2c(c1)C(NCC1(O)CCN(C)C1)CCCO2. The van der Waals surface area contributed by atoms with Gasteiger partial charge in [-0.25, -0.2) is 0 Å². The summed E-state index contributed by atoms with van der Waals surface area (Å²) < 4.78 is 5.84. The van der Waals surface area contributed by atoms with Gasteiger partial charge in [0.05, 0.1) is 12.2 Å². The Kier molecular flexibility index (Phi) is 4.20. The average molecular weight is 290 g/mol. The van der Waals surface area contributed by atoms with Crippen molar-refractivity contribution in [1.82, 2.24) is 10.2 Å². The van der Waals surface area contributed by atoms with Gasteiger partial charge in [-0.15, -0.1) is 0 Å². The summed E-state index contributed by atoms with van der Waals surface area (Å²) in [6.45, 7) is 5.27. The zero-order valence-electron chi connectivity index (χ0n) is 13.1. The molecule has 0 spiro atoms. The second-order valence-electron chi connectivity index (χ2n) is 6.68. The fourth-order valence-electron chi connectivity index (χ4n) is 3.43. The van der Waals surface area contributed by atoms with E-state index in [1.54, 1.807) is 0 Å². The van der Waals surface area contributed by atoms with Crippen molar-refractivity contribution in [3.63, 3.8) is 0 Å². The lowest BCUT2D eigenvalue weighted by Crippen LogP contribution is -2.43. The molecule has 1 saturated heterocycles. The number of likely N-dealkylation sites (N-methyl/N-ethyl adjacent to an activating group) is 1. The van der Waals surface area contributed by atoms with Crippen LogP contribution in [-0.4, -0.2) is 48.9 Å². The normalized spacial score (nSPS) is 29.8. The highest BCUT2D eigenvalue weighted by Crippen LogP contribution is 2.32. The van der Waals surface area contributed by atoms with Crippen molar-refractivity contribution >= 4 is 0 Å². The maximum absolute atomic E-state index is 10.6. The number of hydrogen-bond donors (Lipinski definition) is 2. The highest BCUT2D eigenvalue weighted by molar-refractivity contribution is 5.39. The molecule has 2 atom stereocenters. The number of fused-ring (bicyclic) bond motifs is 1. The van der Waals surface area contributed by atoms with Crippen LogP contribution >= 0.6 is 0 Å². The number of benzene rings is 1. The molecular weight excluding hydrogens is 264 g/mol. The van der Waals surface area contributed by atoms with Crippen molar-refractivity contribution in [1.29, 1.82) is 0 Å². The lowest BCUT2D eigenvalue weighted by Gasteiger charge is -2.27. The Balaban J connectivity index is 1.72. The third-order valence-electron chi connectivity index (χ3n) is 4.64. The van der Waals surface area contributed by atoms with Crippen LogP contribution in [0.4, 0.5) is 0 Å². The quantitative estimate of drug-likeness (QED) is 0.892. The fraction of sp³-hybridized carbons (Fsp3) is 0.647. The van der Waals surface area contributed by atoms with E-state index in [9.17, 15) is 5.11 Å². The molecule has 0 amide bonds. The molecule has 2 aliphatic rings. The van der Waals surface area contributed by atoms with Crippen molar-refractivity contribution in [3.05, 3.63) is 29.3 Å². The van der Waals surface area contributed by atoms with E-state index in [4.69, 9.17) is 4.74 Å². The molecule has 2 unspecified atom stereocenters. The second-order valence-corrected chi connectivity index (χ2v) is 6.68. The van der Waals surface area contributed by atoms with Crippen molar-refractivity contribution in [2.75, 3.05) is 33.3 Å². The maximum Gasteiger partial charge on any atom is 0.124 e. The Morgan fingerprint density at radius 2 is 2.33 bits per heavy atom. The molecule has 0 saturated carbocycles. The van der Waals surface area contributed by atoms with E-state index in [2.05, 4.69) is 42.4 Å². The molecule has 2 aliphatic heterocycles. The summed E-state index contributed by atoms with van der Waals surface area (Å²) in [5, 5.41) is 14.2. The van der Waals surface area contributed by atoms with Gasteiger partial charge in [-0.1, -0.05) is 17.7 Å². The number of aryl methyl sites for hydroxylation is 1. The Labute approximate surface area is 127 Å². The first-order chi connectivity index (χ1) is 10.1. The molecule has 0 aliphatic carbocycles. The van der Waals surface area contributed by atoms with E-state index in [1.165, 1.54) is 11.1 Å². The monoisotopic (exact) mass is 290 g/mol. The fourth-order valence-corrected chi connectivity index (χ4v) is 3.43. The van der Waals surface area contributed by atoms with Gasteiger partial charge >= 0.3 is 0 Å². The Hall–Kier alpha value is -1.10. The number of likely N-dealkylation sites (tertiary alicyclic amines) is 1. The molecule has 116 valence electrons. The van der Waals surface area contributed by atoms with E-state index < -0.39 is 5.60 Å². The first kappa shape index (κ1) is 14.8. The van der Waals surface area contributed by atoms with Crippen LogP contribution in [0, 0.1) is 6.92 Å². The van der Waals surface area contributed by atoms with E-state index in [0.717, 1.165) is 44.7 Å². The molecule has 2 N–H and O–H groups in total. The summed E-state index contributed by atoms with van der Waals surface area (Å²) in [5.41, 5.74) is 1.90. The number of hydrogen-bond acceptors (Lipinski definition) is 4. The minimum atomic E-state index is -0.591. The molecule has 0 radical (unpaired) electrons. The van der Waals surface area contributed by atoms with E-state index in [1.807, 2.05) is 0 Å². The molecule has 0 bridgehead atoms. The highest BCUT2D eigenvalue weighted by Gasteiger charge is 2.35. The third-order valence-corrected chi connectivity index (χ3v) is 4.64. The van der Waals surface area contributed by atoms with Crippen LogP contribution in [0.5, 0.6) is 5.75 Å². The second kappa shape index (κ2) is 5.95. The van der Waals surface area contributed by atoms with Crippen LogP contribution in [0.15, 0.2) is 18.2 Å². The average Bonchev–Trinajstić information content (AvgIpc) is 2.68. The summed E-state index contributed by atoms with van der Waals surface area (Å²) >= 11 is 0. The van der Waals surface area contributed by atoms with Crippen LogP contribution in [0.25, 0.3) is 0 Å². The largest absolute Gasteiger partial charge is 0.493 e. The van der Waals surface area contributed by atoms with Crippen molar-refractivity contribution < 1.29 is 9.84 Å². The number of ether oxygens (including phenoxy) is 1. The lowest BCUT2D eigenvalue weighted by atomic mass is 9.97. The van der Waals surface area contributed by atoms with Gasteiger partial charge in [-0.2, -0.15) is 0 Å². The predicted molar refractivity (Wildman–Crippen MR) is 83.7 cm³/mol. The van der Waals surface area contributed by atoms with Gasteiger partial charge in [-0.05, 0) is 39.3 Å². The summed E-state index contributed by atoms with van der Waals surface area (Å²) in [5.74, 6) is 0.992. The summed E-state index contributed by atoms with van der Waals surface area (Å²) in [6.07, 6.45) is 2.95. The van der Waals surface area contributed by atoms with Crippen LogP contribution < -0.4 is 10.1 Å². The molecule has 4 nitrogen and oxygen atoms in total. The molecule has 0 aromatic heterocycles. The Bertz CT molecular complexity index is 506. The maximum atomic E-state index is 10.6. The molecule has 21 heavy (non-hydrogen) atoms. The molecule has 1 fully saturated rings. The number of β-amino-alcohol motifs (C(OH)–C–C–N with tert-alkyl or cyclic N) is 1. The third kappa shape index (κ3) is 3.39. The molecule has 1 aromatic rings. The topological polar surface area (TPSA) is 44.7 Å². The smallest absolute Gasteiger partial charge is 0.124 e. The van der Waals surface area contributed by atoms with Crippen LogP contribution in [-0.2, 0) is 0 Å². The van der Waals surface area contributed by atoms with Crippen LogP contribution in [0.1, 0.15) is 36.4 Å². The Morgan fingerprint density at radius 3 is 3.10 bits per heavy atom. The van der Waals surface area contributed by atoms with Gasteiger partial charge in [0.1, 0.15) is 5.75 Å². The highest BCUT2D eigenvalue weighted by atomic mass is 16.5. The first-order valence-corrected chi connectivity index (χ1v) is 7.93. The van der Waals surface area contributed by atoms with Crippen molar-refractivity contribution in [2.45, 2.75) is 37.8 Å². The van der Waals surface area contributed by atoms with Crippen molar-refractivity contribution in [2.24, 2.45) is 0 Å². The van der Waals surface area contributed by atoms with Gasteiger partial charge in [0.2, 0.25) is 0 Å². The number of nitrogens with one attached hydrogen (secondary N) is 1. The predicted octanol–water partition coefficient (Wildman–Crippen LogP) is 1.86. The zero-order chi connectivity index (χ0) is 14.9. The van der Waals surface area contributed by atoms with E-state index >= 15 is 0 Å². The molecular formula is C17H26N2O2. The van der Waals surface area contributed by atoms with Gasteiger partial charge in [0, 0.05) is 31.2 Å². The molecule has 2 heterocycles. The van der Waals surface area contributed by atoms with Gasteiger partial charge in [0.25, 0.3) is 0 Å².